The highest BCUT2D eigenvalue weighted by molar-refractivity contribution is 9.10. The molecule has 0 radical (unpaired) electrons. The van der Waals surface area contributed by atoms with Crippen molar-refractivity contribution >= 4 is 68.3 Å². The number of hydrogen-bond acceptors (Lipinski definition) is 7. The molecule has 156 valence electrons. The van der Waals surface area contributed by atoms with Crippen LogP contribution in [0.1, 0.15) is 5.56 Å². The number of aromatic hydroxyl groups is 1. The van der Waals surface area contributed by atoms with Crippen LogP contribution in [-0.4, -0.2) is 47.0 Å². The van der Waals surface area contributed by atoms with Crippen molar-refractivity contribution in [3.8, 4) is 11.5 Å². The fraction of sp³-hybridized carbons (Fsp3) is 0.150. The number of amides is 3. The van der Waals surface area contributed by atoms with E-state index in [0.717, 1.165) is 21.6 Å². The Morgan fingerprint density at radius 2 is 2.10 bits per heavy atom. The topological polar surface area (TPSA) is 95.9 Å². The number of hydrogen-bond donors (Lipinski definition) is 2. The fourth-order valence-corrected chi connectivity index (χ4v) is 4.39. The molecule has 2 N–H and O–H groups in total. The highest BCUT2D eigenvalue weighted by atomic mass is 79.9. The summed E-state index contributed by atoms with van der Waals surface area (Å²) in [6.07, 6.45) is 3.44. The lowest BCUT2D eigenvalue weighted by Crippen LogP contribution is -2.36. The molecule has 0 aromatic heterocycles. The predicted molar refractivity (Wildman–Crippen MR) is 122 cm³/mol. The Hall–Kier alpha value is -2.43. The first-order valence-corrected chi connectivity index (χ1v) is 11.4. The highest BCUT2D eigenvalue weighted by Gasteiger charge is 2.36. The van der Waals surface area contributed by atoms with Crippen molar-refractivity contribution in [3.63, 3.8) is 0 Å². The normalized spacial score (nSPS) is 15.0. The average Bonchev–Trinajstić information content (AvgIpc) is 2.97. The molecule has 3 rings (SSSR count). The fourth-order valence-electron chi connectivity index (χ4n) is 2.66. The molecule has 1 fully saturated rings. The van der Waals surface area contributed by atoms with Crippen molar-refractivity contribution in [1.82, 2.24) is 4.90 Å². The minimum absolute atomic E-state index is 0.0585. The number of nitrogens with one attached hydrogen (secondary N) is 1. The Morgan fingerprint density at radius 3 is 2.80 bits per heavy atom. The van der Waals surface area contributed by atoms with Gasteiger partial charge in [-0.05, 0) is 60.0 Å². The van der Waals surface area contributed by atoms with Gasteiger partial charge in [0.1, 0.15) is 6.54 Å². The van der Waals surface area contributed by atoms with Gasteiger partial charge >= 0.3 is 0 Å². The van der Waals surface area contributed by atoms with Crippen molar-refractivity contribution in [3.05, 3.63) is 51.3 Å². The third-order valence-electron chi connectivity index (χ3n) is 4.11. The van der Waals surface area contributed by atoms with Crippen LogP contribution in [0.15, 0.2) is 50.7 Å². The third kappa shape index (κ3) is 5.00. The van der Waals surface area contributed by atoms with Gasteiger partial charge in [0.25, 0.3) is 11.1 Å². The maximum Gasteiger partial charge on any atom is 0.294 e. The molecule has 1 aliphatic heterocycles. The molecule has 1 heterocycles. The van der Waals surface area contributed by atoms with E-state index >= 15 is 0 Å². The zero-order valence-electron chi connectivity index (χ0n) is 16.0. The summed E-state index contributed by atoms with van der Waals surface area (Å²) in [5, 5.41) is 12.0. The van der Waals surface area contributed by atoms with Gasteiger partial charge in [-0.2, -0.15) is 0 Å². The summed E-state index contributed by atoms with van der Waals surface area (Å²) in [7, 11) is 1.41. The molecule has 0 bridgehead atoms. The zero-order chi connectivity index (χ0) is 21.8. The van der Waals surface area contributed by atoms with Crippen LogP contribution in [0.25, 0.3) is 6.08 Å². The molecule has 0 saturated carbocycles. The second-order valence-corrected chi connectivity index (χ2v) is 8.82. The van der Waals surface area contributed by atoms with Crippen molar-refractivity contribution in [1.29, 1.82) is 0 Å². The molecule has 7 nitrogen and oxygen atoms in total. The molecule has 0 unspecified atom stereocenters. The molecule has 2 aromatic carbocycles. The smallest absolute Gasteiger partial charge is 0.294 e. The number of carbonyl (C=O) groups is 3. The Morgan fingerprint density at radius 1 is 1.33 bits per heavy atom. The maximum absolute atomic E-state index is 12.7. The number of phenolic OH excluding ortho intramolecular Hbond substituents is 1. The number of imide groups is 1. The first-order valence-electron chi connectivity index (χ1n) is 8.58. The summed E-state index contributed by atoms with van der Waals surface area (Å²) >= 11 is 5.60. The number of thioether (sulfide) groups is 2. The Bertz CT molecular complexity index is 1060. The molecule has 30 heavy (non-hydrogen) atoms. The molecular formula is C20H17BrN2O5S2. The zero-order valence-corrected chi connectivity index (χ0v) is 19.2. The van der Waals surface area contributed by atoms with Gasteiger partial charge in [0.15, 0.2) is 11.5 Å². The van der Waals surface area contributed by atoms with Crippen LogP contribution >= 0.6 is 39.5 Å². The van der Waals surface area contributed by atoms with Gasteiger partial charge in [-0.3, -0.25) is 19.3 Å². The number of phenols is 1. The average molecular weight is 509 g/mol. The lowest BCUT2D eigenvalue weighted by atomic mass is 10.2. The van der Waals surface area contributed by atoms with Crippen LogP contribution in [0.5, 0.6) is 11.5 Å². The molecule has 1 saturated heterocycles. The second kappa shape index (κ2) is 9.59. The molecule has 3 amide bonds. The predicted octanol–water partition coefficient (Wildman–Crippen LogP) is 4.56. The maximum atomic E-state index is 12.7. The second-order valence-electron chi connectivity index (χ2n) is 6.09. The van der Waals surface area contributed by atoms with Crippen LogP contribution in [0.4, 0.5) is 10.5 Å². The molecule has 2 aromatic rings. The van der Waals surface area contributed by atoms with E-state index in [1.807, 2.05) is 24.5 Å². The first-order chi connectivity index (χ1) is 14.3. The van der Waals surface area contributed by atoms with Gasteiger partial charge in [-0.15, -0.1) is 11.8 Å². The summed E-state index contributed by atoms with van der Waals surface area (Å²) in [4.78, 5) is 39.4. The van der Waals surface area contributed by atoms with Crippen LogP contribution in [0.2, 0.25) is 0 Å². The molecule has 0 spiro atoms. The van der Waals surface area contributed by atoms with Gasteiger partial charge in [-0.1, -0.05) is 22.0 Å². The Kier molecular flexibility index (Phi) is 7.11. The van der Waals surface area contributed by atoms with E-state index in [1.54, 1.807) is 23.9 Å². The van der Waals surface area contributed by atoms with Crippen molar-refractivity contribution in [2.45, 2.75) is 4.90 Å². The first kappa shape index (κ1) is 22.3. The van der Waals surface area contributed by atoms with Crippen LogP contribution in [0.3, 0.4) is 0 Å². The summed E-state index contributed by atoms with van der Waals surface area (Å²) in [6.45, 7) is -0.383. The summed E-state index contributed by atoms with van der Waals surface area (Å²) < 4.78 is 5.60. The van der Waals surface area contributed by atoms with Gasteiger partial charge in [0.2, 0.25) is 5.91 Å². The van der Waals surface area contributed by atoms with E-state index in [1.165, 1.54) is 19.3 Å². The van der Waals surface area contributed by atoms with E-state index < -0.39 is 17.1 Å². The van der Waals surface area contributed by atoms with Crippen LogP contribution in [-0.2, 0) is 9.59 Å². The van der Waals surface area contributed by atoms with E-state index in [2.05, 4.69) is 21.2 Å². The third-order valence-corrected chi connectivity index (χ3v) is 6.43. The molecular weight excluding hydrogens is 492 g/mol. The van der Waals surface area contributed by atoms with E-state index in [4.69, 9.17) is 4.74 Å². The van der Waals surface area contributed by atoms with E-state index in [-0.39, 0.29) is 22.9 Å². The minimum Gasteiger partial charge on any atom is -0.504 e. The number of anilines is 1. The number of ether oxygens (including phenoxy) is 1. The Labute approximate surface area is 190 Å². The molecule has 0 atom stereocenters. The summed E-state index contributed by atoms with van der Waals surface area (Å²) in [5.41, 5.74) is 1.14. The van der Waals surface area contributed by atoms with Gasteiger partial charge in [0, 0.05) is 15.1 Å². The number of methoxy groups -OCH3 is 1. The van der Waals surface area contributed by atoms with Gasteiger partial charge in [-0.25, -0.2) is 0 Å². The molecule has 1 aliphatic rings. The number of carbonyl (C=O) groups excluding carboxylic acids is 3. The SMILES string of the molecule is COc1cc(/C=C2\SC(=O)N(CC(=O)Nc3cccc(SC)c3)C2=O)c(Br)cc1O. The lowest BCUT2D eigenvalue weighted by molar-refractivity contribution is -0.127. The van der Waals surface area contributed by atoms with Crippen LogP contribution in [0, 0.1) is 0 Å². The molecule has 0 aliphatic carbocycles. The quantitative estimate of drug-likeness (QED) is 0.436. The van der Waals surface area contributed by atoms with Gasteiger partial charge in [0.05, 0.1) is 12.0 Å². The van der Waals surface area contributed by atoms with E-state index in [0.29, 0.717) is 15.7 Å². The summed E-state index contributed by atoms with van der Waals surface area (Å²) in [6, 6.07) is 10.3. The number of rotatable bonds is 6. The number of benzene rings is 2. The highest BCUT2D eigenvalue weighted by Crippen LogP contribution is 2.37. The minimum atomic E-state index is -0.558. The lowest BCUT2D eigenvalue weighted by Gasteiger charge is -2.13. The largest absolute Gasteiger partial charge is 0.504 e. The summed E-state index contributed by atoms with van der Waals surface area (Å²) in [5.74, 6) is -0.853. The Balaban J connectivity index is 1.74. The van der Waals surface area contributed by atoms with Crippen LogP contribution < -0.4 is 10.1 Å². The van der Waals surface area contributed by atoms with Crippen molar-refractivity contribution in [2.75, 3.05) is 25.2 Å². The number of halogens is 1. The van der Waals surface area contributed by atoms with Crippen molar-refractivity contribution in [2.24, 2.45) is 0 Å². The standard InChI is InChI=1S/C20H17BrN2O5S2/c1-28-16-6-11(14(21)9-15(16)24)7-17-19(26)23(20(27)30-17)10-18(25)22-12-4-3-5-13(8-12)29-2/h3-9,24H,10H2,1-2H3,(H,22,25)/b17-7-. The van der Waals surface area contributed by atoms with E-state index in [9.17, 15) is 19.5 Å². The van der Waals surface area contributed by atoms with Gasteiger partial charge < -0.3 is 15.2 Å². The number of nitrogens with zero attached hydrogens (tertiary/aromatic N) is 1. The van der Waals surface area contributed by atoms with Crippen molar-refractivity contribution < 1.29 is 24.2 Å². The monoisotopic (exact) mass is 508 g/mol. The molecule has 10 heteroatoms.